The lowest BCUT2D eigenvalue weighted by Gasteiger charge is -2.14. The topological polar surface area (TPSA) is 146 Å². The molecule has 2 aromatic carbocycles. The molecule has 0 radical (unpaired) electrons. The van der Waals surface area contributed by atoms with Gasteiger partial charge in [-0.3, -0.25) is 9.59 Å². The van der Waals surface area contributed by atoms with Gasteiger partial charge in [0.25, 0.3) is 0 Å². The Balaban J connectivity index is 0.000000146. The summed E-state index contributed by atoms with van der Waals surface area (Å²) in [6.45, 7) is 2.96. The van der Waals surface area contributed by atoms with E-state index in [-0.39, 0.29) is 11.8 Å². The summed E-state index contributed by atoms with van der Waals surface area (Å²) in [6, 6.07) is 22.8. The fraction of sp³-hybridized carbons (Fsp3) is 0.150. The molecule has 0 bridgehead atoms. The highest BCUT2D eigenvalue weighted by atomic mass is 35.5. The molecule has 56 heavy (non-hydrogen) atoms. The Labute approximate surface area is 337 Å². The molecule has 2 amide bonds. The SMILES string of the molecule is CC(=O)Nc1nc2c(s1)-c1c(c(-c3ccco3)nn1-c1ccccc1Cl)CC2.CC(=O)Nc1nc2c(s1)-c1nn(-c3ccccc3Cl)c(-c3ccco3)c1CC2. The van der Waals surface area contributed by atoms with Gasteiger partial charge in [0.05, 0.1) is 60.8 Å². The van der Waals surface area contributed by atoms with Crippen LogP contribution in [0.5, 0.6) is 0 Å². The van der Waals surface area contributed by atoms with E-state index in [1.807, 2.05) is 82.2 Å². The molecule has 6 aromatic heterocycles. The second-order valence-corrected chi connectivity index (χ2v) is 15.8. The molecule has 0 unspecified atom stereocenters. The Hall–Kier alpha value is -5.80. The molecule has 8 aromatic rings. The molecule has 10 rings (SSSR count). The van der Waals surface area contributed by atoms with Crippen LogP contribution < -0.4 is 10.6 Å². The minimum atomic E-state index is -0.137. The number of nitrogens with zero attached hydrogens (tertiary/aromatic N) is 6. The number of benzene rings is 2. The Kier molecular flexibility index (Phi) is 9.41. The summed E-state index contributed by atoms with van der Waals surface area (Å²) in [5.41, 5.74) is 9.21. The number of hydrogen-bond acceptors (Lipinski definition) is 10. The Morgan fingerprint density at radius 3 is 1.68 bits per heavy atom. The number of thiazole rings is 2. The predicted octanol–water partition coefficient (Wildman–Crippen LogP) is 9.93. The van der Waals surface area contributed by atoms with E-state index < -0.39 is 0 Å². The monoisotopic (exact) mass is 820 g/mol. The first kappa shape index (κ1) is 35.9. The van der Waals surface area contributed by atoms with Gasteiger partial charge in [-0.2, -0.15) is 10.2 Å². The molecule has 0 atom stereocenters. The molecule has 12 nitrogen and oxygen atoms in total. The second-order valence-electron chi connectivity index (χ2n) is 13.0. The molecule has 0 saturated carbocycles. The van der Waals surface area contributed by atoms with Crippen molar-refractivity contribution in [2.24, 2.45) is 0 Å². The summed E-state index contributed by atoms with van der Waals surface area (Å²) in [7, 11) is 0. The van der Waals surface area contributed by atoms with Gasteiger partial charge < -0.3 is 19.5 Å². The summed E-state index contributed by atoms with van der Waals surface area (Å²) in [4.78, 5) is 34.0. The number of aromatic nitrogens is 6. The van der Waals surface area contributed by atoms with E-state index in [0.29, 0.717) is 20.3 Å². The minimum absolute atomic E-state index is 0.135. The van der Waals surface area contributed by atoms with Crippen LogP contribution in [-0.4, -0.2) is 41.3 Å². The normalized spacial score (nSPS) is 12.5. The largest absolute Gasteiger partial charge is 0.463 e. The van der Waals surface area contributed by atoms with Gasteiger partial charge in [-0.05, 0) is 74.2 Å². The molecular formula is C40H30Cl2N8O4S2. The van der Waals surface area contributed by atoms with Crippen LogP contribution in [0.2, 0.25) is 10.0 Å². The zero-order valence-corrected chi connectivity index (χ0v) is 32.9. The van der Waals surface area contributed by atoms with Gasteiger partial charge in [0, 0.05) is 25.0 Å². The van der Waals surface area contributed by atoms with Gasteiger partial charge in [0.2, 0.25) is 11.8 Å². The molecular weight excluding hydrogens is 792 g/mol. The Bertz CT molecular complexity index is 2760. The maximum atomic E-state index is 11.5. The van der Waals surface area contributed by atoms with Crippen molar-refractivity contribution in [2.75, 3.05) is 10.6 Å². The van der Waals surface area contributed by atoms with E-state index in [0.717, 1.165) is 104 Å². The molecule has 2 aliphatic rings. The number of carbonyl (C=O) groups excluding carboxylic acids is 2. The average molecular weight is 822 g/mol. The summed E-state index contributed by atoms with van der Waals surface area (Å²) in [5, 5.41) is 17.7. The van der Waals surface area contributed by atoms with Gasteiger partial charge in [-0.15, -0.1) is 0 Å². The standard InChI is InChI=1S/2C20H15ClN4O2S/c1-11(26)22-20-23-14-9-8-12-17(19(14)28-20)24-25(15-6-3-2-5-13(15)21)18(12)16-7-4-10-27-16;1-11(26)22-20-23-14-9-8-12-17(16-7-4-10-27-16)24-25(18(12)19(14)28-20)15-6-3-2-5-13(15)21/h2*2-7,10H,8-9H2,1H3,(H,22,23,26). The number of carbonyl (C=O) groups is 2. The number of fused-ring (bicyclic) bond motifs is 6. The fourth-order valence-electron chi connectivity index (χ4n) is 6.97. The molecule has 0 aliphatic heterocycles. The molecule has 0 saturated heterocycles. The van der Waals surface area contributed by atoms with Crippen molar-refractivity contribution in [1.29, 1.82) is 0 Å². The van der Waals surface area contributed by atoms with Crippen LogP contribution in [-0.2, 0) is 35.3 Å². The number of amides is 2. The van der Waals surface area contributed by atoms with Gasteiger partial charge >= 0.3 is 0 Å². The molecule has 16 heteroatoms. The maximum absolute atomic E-state index is 11.5. The van der Waals surface area contributed by atoms with E-state index >= 15 is 0 Å². The van der Waals surface area contributed by atoms with Crippen molar-refractivity contribution in [3.63, 3.8) is 0 Å². The van der Waals surface area contributed by atoms with Crippen LogP contribution >= 0.6 is 45.9 Å². The van der Waals surface area contributed by atoms with E-state index in [1.165, 1.54) is 36.5 Å². The molecule has 0 spiro atoms. The van der Waals surface area contributed by atoms with Gasteiger partial charge in [0.1, 0.15) is 17.1 Å². The number of furan rings is 2. The lowest BCUT2D eigenvalue weighted by molar-refractivity contribution is -0.115. The number of hydrogen-bond donors (Lipinski definition) is 2. The summed E-state index contributed by atoms with van der Waals surface area (Å²) >= 11 is 15.8. The lowest BCUT2D eigenvalue weighted by Crippen LogP contribution is -2.07. The molecule has 2 aliphatic carbocycles. The zero-order valence-electron chi connectivity index (χ0n) is 29.8. The van der Waals surface area contributed by atoms with Crippen LogP contribution in [0.1, 0.15) is 36.4 Å². The number of rotatable bonds is 6. The molecule has 280 valence electrons. The molecule has 0 fully saturated rings. The molecule has 6 heterocycles. The van der Waals surface area contributed by atoms with Crippen LogP contribution in [0.25, 0.3) is 55.4 Å². The summed E-state index contributed by atoms with van der Waals surface area (Å²) < 4.78 is 15.1. The zero-order chi connectivity index (χ0) is 38.5. The highest BCUT2D eigenvalue weighted by molar-refractivity contribution is 7.19. The number of nitrogens with one attached hydrogen (secondary N) is 2. The maximum Gasteiger partial charge on any atom is 0.223 e. The average Bonchev–Trinajstić information content (AvgIpc) is 4.02. The third-order valence-corrected chi connectivity index (χ3v) is 11.9. The quantitative estimate of drug-likeness (QED) is 0.169. The fourth-order valence-corrected chi connectivity index (χ4v) is 9.59. The third-order valence-electron chi connectivity index (χ3n) is 9.25. The van der Waals surface area contributed by atoms with Crippen molar-refractivity contribution in [3.8, 4) is 55.4 Å². The highest BCUT2D eigenvalue weighted by Crippen LogP contribution is 2.46. The number of para-hydroxylation sites is 2. The first-order valence-electron chi connectivity index (χ1n) is 17.6. The van der Waals surface area contributed by atoms with E-state index in [2.05, 4.69) is 20.6 Å². The Morgan fingerprint density at radius 1 is 0.625 bits per heavy atom. The van der Waals surface area contributed by atoms with Crippen molar-refractivity contribution >= 4 is 68.0 Å². The van der Waals surface area contributed by atoms with E-state index in [9.17, 15) is 9.59 Å². The van der Waals surface area contributed by atoms with E-state index in [4.69, 9.17) is 42.2 Å². The molecule has 2 N–H and O–H groups in total. The van der Waals surface area contributed by atoms with Crippen LogP contribution in [0.15, 0.2) is 94.2 Å². The summed E-state index contributed by atoms with van der Waals surface area (Å²) in [6.07, 6.45) is 6.42. The van der Waals surface area contributed by atoms with E-state index in [1.54, 1.807) is 12.5 Å². The minimum Gasteiger partial charge on any atom is -0.463 e. The van der Waals surface area contributed by atoms with Crippen molar-refractivity contribution < 1.29 is 18.4 Å². The second kappa shape index (κ2) is 14.7. The van der Waals surface area contributed by atoms with Crippen molar-refractivity contribution in [2.45, 2.75) is 39.5 Å². The number of aryl methyl sites for hydroxylation is 2. The van der Waals surface area contributed by atoms with Crippen molar-refractivity contribution in [3.05, 3.63) is 118 Å². The first-order chi connectivity index (χ1) is 27.2. The van der Waals surface area contributed by atoms with Crippen molar-refractivity contribution in [1.82, 2.24) is 29.5 Å². The van der Waals surface area contributed by atoms with Crippen LogP contribution in [0, 0.1) is 0 Å². The highest BCUT2D eigenvalue weighted by Gasteiger charge is 2.32. The van der Waals surface area contributed by atoms with Gasteiger partial charge in [0.15, 0.2) is 21.8 Å². The van der Waals surface area contributed by atoms with Crippen LogP contribution in [0.4, 0.5) is 10.3 Å². The smallest absolute Gasteiger partial charge is 0.223 e. The first-order valence-corrected chi connectivity index (χ1v) is 20.0. The lowest BCUT2D eigenvalue weighted by atomic mass is 9.97. The van der Waals surface area contributed by atoms with Gasteiger partial charge in [-0.1, -0.05) is 70.1 Å². The predicted molar refractivity (Wildman–Crippen MR) is 218 cm³/mol. The van der Waals surface area contributed by atoms with Crippen LogP contribution in [0.3, 0.4) is 0 Å². The number of anilines is 2. The number of halogens is 2. The van der Waals surface area contributed by atoms with Gasteiger partial charge in [-0.25, -0.2) is 19.3 Å². The summed E-state index contributed by atoms with van der Waals surface area (Å²) in [5.74, 6) is 1.19. The third kappa shape index (κ3) is 6.53. The Morgan fingerprint density at radius 2 is 1.12 bits per heavy atom.